The number of ether oxygens (including phenoxy) is 2. The van der Waals surface area contributed by atoms with Crippen molar-refractivity contribution in [3.63, 3.8) is 0 Å². The molecule has 1 heterocycles. The topological polar surface area (TPSA) is 52.6 Å². The summed E-state index contributed by atoms with van der Waals surface area (Å²) in [5.41, 5.74) is 0. The quantitative estimate of drug-likeness (QED) is 0.682. The lowest BCUT2D eigenvalue weighted by Crippen LogP contribution is -2.37. The van der Waals surface area contributed by atoms with Gasteiger partial charge in [-0.05, 0) is 12.3 Å². The second-order valence-electron chi connectivity index (χ2n) is 5.90. The fourth-order valence-corrected chi connectivity index (χ4v) is 3.79. The van der Waals surface area contributed by atoms with E-state index in [1.807, 2.05) is 13.8 Å². The van der Waals surface area contributed by atoms with Crippen LogP contribution in [0.4, 0.5) is 0 Å². The predicted octanol–water partition coefficient (Wildman–Crippen LogP) is 1.38. The Hall–Kier alpha value is -1.06. The van der Waals surface area contributed by atoms with Gasteiger partial charge in [0.05, 0.1) is 11.8 Å². The Morgan fingerprint density at radius 2 is 2.18 bits per heavy atom. The summed E-state index contributed by atoms with van der Waals surface area (Å²) in [5, 5.41) is 0. The summed E-state index contributed by atoms with van der Waals surface area (Å²) < 4.78 is 10.9. The summed E-state index contributed by atoms with van der Waals surface area (Å²) in [6.07, 6.45) is 0.452. The average molecular weight is 238 g/mol. The molecule has 2 aliphatic carbocycles. The molecular weight excluding hydrogens is 220 g/mol. The number of rotatable bonds is 2. The zero-order chi connectivity index (χ0) is 12.3. The number of hydrogen-bond donors (Lipinski definition) is 0. The van der Waals surface area contributed by atoms with Gasteiger partial charge in [-0.2, -0.15) is 0 Å². The Kier molecular flexibility index (Phi) is 2.25. The van der Waals surface area contributed by atoms with Gasteiger partial charge in [0.15, 0.2) is 0 Å². The molecule has 0 aromatic carbocycles. The maximum Gasteiger partial charge on any atom is 0.309 e. The van der Waals surface area contributed by atoms with Crippen molar-refractivity contribution in [3.8, 4) is 0 Å². The second-order valence-corrected chi connectivity index (χ2v) is 5.90. The van der Waals surface area contributed by atoms with Crippen LogP contribution in [0.1, 0.15) is 27.2 Å². The second kappa shape index (κ2) is 3.47. The Labute approximate surface area is 101 Å². The van der Waals surface area contributed by atoms with Crippen molar-refractivity contribution in [1.29, 1.82) is 0 Å². The fourth-order valence-electron chi connectivity index (χ4n) is 3.79. The van der Waals surface area contributed by atoms with Gasteiger partial charge in [0.2, 0.25) is 0 Å². The molecule has 6 atom stereocenters. The van der Waals surface area contributed by atoms with E-state index in [-0.39, 0.29) is 41.9 Å². The smallest absolute Gasteiger partial charge is 0.309 e. The van der Waals surface area contributed by atoms with Crippen LogP contribution in [-0.2, 0) is 19.1 Å². The molecule has 0 spiro atoms. The number of fused-ring (bicyclic) bond motifs is 1. The first-order valence-corrected chi connectivity index (χ1v) is 6.41. The third-order valence-corrected chi connectivity index (χ3v) is 4.68. The SMILES string of the molecule is CC(C)C(=O)OC1C2OC(=O)C3CC1[C@H](C)C32. The normalized spacial score (nSPS) is 46.5. The molecule has 2 saturated carbocycles. The van der Waals surface area contributed by atoms with E-state index in [0.29, 0.717) is 11.8 Å². The Morgan fingerprint density at radius 3 is 2.82 bits per heavy atom. The van der Waals surface area contributed by atoms with Gasteiger partial charge in [-0.3, -0.25) is 9.59 Å². The largest absolute Gasteiger partial charge is 0.458 e. The number of carbonyl (C=O) groups excluding carboxylic acids is 2. The minimum atomic E-state index is -0.201. The summed E-state index contributed by atoms with van der Waals surface area (Å²) in [5.74, 6) is 0.682. The molecule has 0 amide bonds. The van der Waals surface area contributed by atoms with E-state index in [1.165, 1.54) is 0 Å². The molecule has 17 heavy (non-hydrogen) atoms. The third-order valence-electron chi connectivity index (χ3n) is 4.68. The highest BCUT2D eigenvalue weighted by molar-refractivity contribution is 5.77. The first kappa shape index (κ1) is 11.1. The lowest BCUT2D eigenvalue weighted by atomic mass is 9.88. The first-order chi connectivity index (χ1) is 8.00. The molecule has 5 unspecified atom stereocenters. The van der Waals surface area contributed by atoms with Crippen LogP contribution < -0.4 is 0 Å². The monoisotopic (exact) mass is 238 g/mol. The summed E-state index contributed by atoms with van der Waals surface area (Å²) >= 11 is 0. The zero-order valence-electron chi connectivity index (χ0n) is 10.4. The first-order valence-electron chi connectivity index (χ1n) is 6.41. The van der Waals surface area contributed by atoms with Gasteiger partial charge in [-0.15, -0.1) is 0 Å². The van der Waals surface area contributed by atoms with Crippen LogP contribution >= 0.6 is 0 Å². The van der Waals surface area contributed by atoms with Crippen LogP contribution in [0.15, 0.2) is 0 Å². The molecule has 2 bridgehead atoms. The van der Waals surface area contributed by atoms with Crippen molar-refractivity contribution in [1.82, 2.24) is 0 Å². The number of esters is 2. The van der Waals surface area contributed by atoms with Crippen molar-refractivity contribution < 1.29 is 19.1 Å². The molecule has 0 aromatic rings. The highest BCUT2D eigenvalue weighted by Crippen LogP contribution is 2.58. The van der Waals surface area contributed by atoms with E-state index in [1.54, 1.807) is 0 Å². The Balaban J connectivity index is 1.80. The van der Waals surface area contributed by atoms with Gasteiger partial charge in [0.1, 0.15) is 12.2 Å². The number of carbonyl (C=O) groups is 2. The van der Waals surface area contributed by atoms with Crippen LogP contribution in [0.25, 0.3) is 0 Å². The van der Waals surface area contributed by atoms with Gasteiger partial charge < -0.3 is 9.47 Å². The molecule has 3 fully saturated rings. The predicted molar refractivity (Wildman–Crippen MR) is 58.8 cm³/mol. The van der Waals surface area contributed by atoms with Crippen LogP contribution in [0.5, 0.6) is 0 Å². The summed E-state index contributed by atoms with van der Waals surface area (Å²) in [7, 11) is 0. The summed E-state index contributed by atoms with van der Waals surface area (Å²) in [6.45, 7) is 5.79. The molecule has 4 heteroatoms. The van der Waals surface area contributed by atoms with E-state index in [9.17, 15) is 9.59 Å². The van der Waals surface area contributed by atoms with Crippen LogP contribution in [0.3, 0.4) is 0 Å². The van der Waals surface area contributed by atoms with Gasteiger partial charge in [0.25, 0.3) is 0 Å². The van der Waals surface area contributed by atoms with Crippen molar-refractivity contribution in [3.05, 3.63) is 0 Å². The summed E-state index contributed by atoms with van der Waals surface area (Å²) in [4.78, 5) is 23.3. The molecule has 1 saturated heterocycles. The van der Waals surface area contributed by atoms with Crippen molar-refractivity contribution in [2.75, 3.05) is 0 Å². The molecule has 0 aromatic heterocycles. The molecular formula is C13H18O4. The maximum atomic E-state index is 11.7. The zero-order valence-corrected chi connectivity index (χ0v) is 10.4. The highest BCUT2D eigenvalue weighted by atomic mass is 16.6. The van der Waals surface area contributed by atoms with E-state index in [0.717, 1.165) is 6.42 Å². The standard InChI is InChI=1S/C13H18O4/c1-5(2)12(14)16-10-7-4-8-9(6(7)3)11(10)17-13(8)15/h5-11H,4H2,1-3H3/t6-,7?,8?,9?,10?,11?/m0/s1. The Morgan fingerprint density at radius 1 is 1.47 bits per heavy atom. The van der Waals surface area contributed by atoms with Gasteiger partial charge in [0, 0.05) is 11.8 Å². The van der Waals surface area contributed by atoms with Crippen molar-refractivity contribution >= 4 is 11.9 Å². The van der Waals surface area contributed by atoms with E-state index in [2.05, 4.69) is 6.92 Å². The lowest BCUT2D eigenvalue weighted by molar-refractivity contribution is -0.164. The third kappa shape index (κ3) is 1.36. The molecule has 0 N–H and O–H groups in total. The Bertz CT molecular complexity index is 376. The number of hydrogen-bond acceptors (Lipinski definition) is 4. The van der Waals surface area contributed by atoms with Crippen LogP contribution in [-0.4, -0.2) is 24.1 Å². The fraction of sp³-hybridized carbons (Fsp3) is 0.846. The molecule has 4 nitrogen and oxygen atoms in total. The van der Waals surface area contributed by atoms with Gasteiger partial charge in [-0.1, -0.05) is 20.8 Å². The van der Waals surface area contributed by atoms with Crippen LogP contribution in [0.2, 0.25) is 0 Å². The molecule has 94 valence electrons. The van der Waals surface area contributed by atoms with Crippen molar-refractivity contribution in [2.45, 2.75) is 39.4 Å². The molecule has 0 radical (unpaired) electrons. The van der Waals surface area contributed by atoms with Crippen LogP contribution in [0, 0.1) is 29.6 Å². The molecule has 1 aliphatic heterocycles. The van der Waals surface area contributed by atoms with Gasteiger partial charge in [-0.25, -0.2) is 0 Å². The van der Waals surface area contributed by atoms with E-state index >= 15 is 0 Å². The molecule has 3 rings (SSSR count). The average Bonchev–Trinajstić information content (AvgIpc) is 2.80. The van der Waals surface area contributed by atoms with Crippen molar-refractivity contribution in [2.24, 2.45) is 29.6 Å². The van der Waals surface area contributed by atoms with E-state index in [4.69, 9.17) is 9.47 Å². The highest BCUT2D eigenvalue weighted by Gasteiger charge is 2.66. The van der Waals surface area contributed by atoms with Gasteiger partial charge >= 0.3 is 11.9 Å². The lowest BCUT2D eigenvalue weighted by Gasteiger charge is -2.25. The minimum absolute atomic E-state index is 0.0639. The van der Waals surface area contributed by atoms with E-state index < -0.39 is 0 Å². The minimum Gasteiger partial charge on any atom is -0.458 e. The maximum absolute atomic E-state index is 11.7. The molecule has 3 aliphatic rings. The summed E-state index contributed by atoms with van der Waals surface area (Å²) in [6, 6.07) is 0.